The molecule has 2 N–H and O–H groups in total. The van der Waals surface area contributed by atoms with Gasteiger partial charge in [-0.15, -0.1) is 0 Å². The van der Waals surface area contributed by atoms with Crippen LogP contribution in [-0.4, -0.2) is 4.92 Å². The van der Waals surface area contributed by atoms with Crippen molar-refractivity contribution in [2.24, 2.45) is 0 Å². The summed E-state index contributed by atoms with van der Waals surface area (Å²) in [7, 11) is 0. The summed E-state index contributed by atoms with van der Waals surface area (Å²) >= 11 is 0. The van der Waals surface area contributed by atoms with Gasteiger partial charge in [0.2, 0.25) is 0 Å². The molecule has 0 amide bonds. The number of benzene rings is 1. The summed E-state index contributed by atoms with van der Waals surface area (Å²) in [5, 5.41) is 18.7. The summed E-state index contributed by atoms with van der Waals surface area (Å²) in [6.07, 6.45) is 0. The number of nitro groups is 1. The van der Waals surface area contributed by atoms with Crippen LogP contribution in [-0.2, 0) is 0 Å². The molecule has 1 rings (SSSR count). The summed E-state index contributed by atoms with van der Waals surface area (Å²) in [5.41, 5.74) is 5.61. The third-order valence-electron chi connectivity index (χ3n) is 1.37. The topological polar surface area (TPSA) is 92.9 Å². The molecule has 0 unspecified atom stereocenters. The van der Waals surface area contributed by atoms with Gasteiger partial charge < -0.3 is 5.73 Å². The number of rotatable bonds is 1. The molecular formula is C9H11N3O2. The highest BCUT2D eigenvalue weighted by Crippen LogP contribution is 2.18. The molecule has 0 heterocycles. The maximum absolute atomic E-state index is 10.2. The van der Waals surface area contributed by atoms with E-state index < -0.39 is 4.92 Å². The molecule has 0 saturated carbocycles. The molecule has 0 aromatic heterocycles. The van der Waals surface area contributed by atoms with Gasteiger partial charge in [0, 0.05) is 17.8 Å². The number of anilines is 1. The predicted molar refractivity (Wildman–Crippen MR) is 53.6 cm³/mol. The SMILES string of the molecule is CC.N#Cc1cc([N+](=O)[O-])ccc1N. The van der Waals surface area contributed by atoms with Crippen molar-refractivity contribution in [2.75, 3.05) is 5.73 Å². The number of nitrogens with two attached hydrogens (primary N) is 1. The number of hydrogen-bond acceptors (Lipinski definition) is 4. The second-order valence-corrected chi connectivity index (χ2v) is 2.14. The third kappa shape index (κ3) is 2.75. The zero-order valence-corrected chi connectivity index (χ0v) is 8.02. The lowest BCUT2D eigenvalue weighted by Crippen LogP contribution is -1.93. The zero-order valence-electron chi connectivity index (χ0n) is 8.02. The number of nitriles is 1. The second kappa shape index (κ2) is 5.54. The fraction of sp³-hybridized carbons (Fsp3) is 0.222. The normalized spacial score (nSPS) is 8.07. The molecule has 5 nitrogen and oxygen atoms in total. The quantitative estimate of drug-likeness (QED) is 0.419. The first-order valence-corrected chi connectivity index (χ1v) is 4.09. The molecule has 74 valence electrons. The highest BCUT2D eigenvalue weighted by Gasteiger charge is 2.07. The summed E-state index contributed by atoms with van der Waals surface area (Å²) in [4.78, 5) is 9.67. The molecule has 0 saturated heterocycles. The van der Waals surface area contributed by atoms with E-state index in [1.165, 1.54) is 12.1 Å². The Hall–Kier alpha value is -2.09. The monoisotopic (exact) mass is 193 g/mol. The number of nitrogens with zero attached hydrogens (tertiary/aromatic N) is 2. The third-order valence-corrected chi connectivity index (χ3v) is 1.37. The summed E-state index contributed by atoms with van der Waals surface area (Å²) in [6, 6.07) is 5.51. The van der Waals surface area contributed by atoms with Crippen LogP contribution in [0.4, 0.5) is 11.4 Å². The van der Waals surface area contributed by atoms with Gasteiger partial charge in [0.15, 0.2) is 0 Å². The molecule has 1 aromatic carbocycles. The van der Waals surface area contributed by atoms with E-state index in [4.69, 9.17) is 11.0 Å². The van der Waals surface area contributed by atoms with Crippen LogP contribution < -0.4 is 5.73 Å². The van der Waals surface area contributed by atoms with E-state index in [1.54, 1.807) is 6.07 Å². The smallest absolute Gasteiger partial charge is 0.270 e. The van der Waals surface area contributed by atoms with Crippen molar-refractivity contribution in [1.82, 2.24) is 0 Å². The van der Waals surface area contributed by atoms with Crippen LogP contribution in [0.1, 0.15) is 19.4 Å². The highest BCUT2D eigenvalue weighted by molar-refractivity contribution is 5.58. The summed E-state index contributed by atoms with van der Waals surface area (Å²) in [5.74, 6) is 0. The van der Waals surface area contributed by atoms with Crippen molar-refractivity contribution in [1.29, 1.82) is 5.26 Å². The van der Waals surface area contributed by atoms with Crippen molar-refractivity contribution in [3.63, 3.8) is 0 Å². The average molecular weight is 193 g/mol. The van der Waals surface area contributed by atoms with Gasteiger partial charge in [-0.3, -0.25) is 10.1 Å². The summed E-state index contributed by atoms with van der Waals surface area (Å²) in [6.45, 7) is 4.00. The molecule has 0 aliphatic heterocycles. The van der Waals surface area contributed by atoms with Gasteiger partial charge in [-0.05, 0) is 6.07 Å². The molecule has 14 heavy (non-hydrogen) atoms. The van der Waals surface area contributed by atoms with Crippen LogP contribution in [0.3, 0.4) is 0 Å². The summed E-state index contributed by atoms with van der Waals surface area (Å²) < 4.78 is 0. The van der Waals surface area contributed by atoms with E-state index in [1.807, 2.05) is 13.8 Å². The maximum Gasteiger partial charge on any atom is 0.270 e. The lowest BCUT2D eigenvalue weighted by atomic mass is 10.2. The van der Waals surface area contributed by atoms with Gasteiger partial charge in [0.1, 0.15) is 6.07 Å². The number of nitro benzene ring substituents is 1. The van der Waals surface area contributed by atoms with Crippen LogP contribution in [0.15, 0.2) is 18.2 Å². The van der Waals surface area contributed by atoms with E-state index in [0.717, 1.165) is 6.07 Å². The van der Waals surface area contributed by atoms with Crippen molar-refractivity contribution >= 4 is 11.4 Å². The maximum atomic E-state index is 10.2. The Morgan fingerprint density at radius 2 is 2.07 bits per heavy atom. The number of non-ortho nitro benzene ring substituents is 1. The molecule has 1 aromatic rings. The molecule has 0 aliphatic carbocycles. The van der Waals surface area contributed by atoms with Crippen LogP contribution in [0.25, 0.3) is 0 Å². The lowest BCUT2D eigenvalue weighted by Gasteiger charge is -1.95. The minimum absolute atomic E-state index is 0.124. The van der Waals surface area contributed by atoms with E-state index in [9.17, 15) is 10.1 Å². The Morgan fingerprint density at radius 3 is 2.50 bits per heavy atom. The Balaban J connectivity index is 0.000000791. The van der Waals surface area contributed by atoms with E-state index in [2.05, 4.69) is 0 Å². The minimum Gasteiger partial charge on any atom is -0.398 e. The fourth-order valence-electron chi connectivity index (χ4n) is 0.755. The van der Waals surface area contributed by atoms with Gasteiger partial charge in [-0.1, -0.05) is 13.8 Å². The number of nitrogen functional groups attached to an aromatic ring is 1. The minimum atomic E-state index is -0.569. The molecular weight excluding hydrogens is 182 g/mol. The molecule has 0 bridgehead atoms. The van der Waals surface area contributed by atoms with Crippen LogP contribution >= 0.6 is 0 Å². The predicted octanol–water partition coefficient (Wildman–Crippen LogP) is 2.07. The zero-order chi connectivity index (χ0) is 11.1. The first kappa shape index (κ1) is 11.9. The largest absolute Gasteiger partial charge is 0.398 e. The fourth-order valence-corrected chi connectivity index (χ4v) is 0.755. The van der Waals surface area contributed by atoms with Crippen molar-refractivity contribution < 1.29 is 4.92 Å². The van der Waals surface area contributed by atoms with Crippen molar-refractivity contribution in [3.8, 4) is 6.07 Å². The van der Waals surface area contributed by atoms with Gasteiger partial charge in [0.25, 0.3) is 5.69 Å². The first-order valence-electron chi connectivity index (χ1n) is 4.09. The Kier molecular flexibility index (Phi) is 4.71. The van der Waals surface area contributed by atoms with E-state index >= 15 is 0 Å². The van der Waals surface area contributed by atoms with Crippen LogP contribution in [0.2, 0.25) is 0 Å². The van der Waals surface area contributed by atoms with Crippen molar-refractivity contribution in [3.05, 3.63) is 33.9 Å². The Bertz CT molecular complexity index is 369. The molecule has 0 spiro atoms. The lowest BCUT2D eigenvalue weighted by molar-refractivity contribution is -0.384. The first-order chi connectivity index (χ1) is 6.65. The van der Waals surface area contributed by atoms with E-state index in [-0.39, 0.29) is 16.9 Å². The van der Waals surface area contributed by atoms with Gasteiger partial charge in [-0.25, -0.2) is 0 Å². The number of hydrogen-bond donors (Lipinski definition) is 1. The Morgan fingerprint density at radius 1 is 1.50 bits per heavy atom. The van der Waals surface area contributed by atoms with Gasteiger partial charge in [0.05, 0.1) is 10.5 Å². The van der Waals surface area contributed by atoms with Crippen LogP contribution in [0, 0.1) is 21.4 Å². The second-order valence-electron chi connectivity index (χ2n) is 2.14. The molecule has 0 aliphatic rings. The Labute approximate surface area is 81.9 Å². The highest BCUT2D eigenvalue weighted by atomic mass is 16.6. The molecule has 0 atom stereocenters. The standard InChI is InChI=1S/C7H5N3O2.C2H6/c8-4-5-3-6(10(11)12)1-2-7(5)9;1-2/h1-3H,9H2;1-2H3. The van der Waals surface area contributed by atoms with E-state index in [0.29, 0.717) is 0 Å². The average Bonchev–Trinajstić information content (AvgIpc) is 2.21. The van der Waals surface area contributed by atoms with Gasteiger partial charge in [-0.2, -0.15) is 5.26 Å². The molecule has 5 heteroatoms. The van der Waals surface area contributed by atoms with Gasteiger partial charge >= 0.3 is 0 Å². The molecule has 0 radical (unpaired) electrons. The molecule has 0 fully saturated rings. The van der Waals surface area contributed by atoms with Crippen molar-refractivity contribution in [2.45, 2.75) is 13.8 Å². The van der Waals surface area contributed by atoms with Crippen LogP contribution in [0.5, 0.6) is 0 Å².